The minimum absolute atomic E-state index is 0.0464. The van der Waals surface area contributed by atoms with E-state index in [2.05, 4.69) is 10.1 Å². The summed E-state index contributed by atoms with van der Waals surface area (Å²) in [6.45, 7) is 0.486. The second-order valence-corrected chi connectivity index (χ2v) is 6.44. The molecule has 1 N–H and O–H groups in total. The molecule has 7 heteroatoms. The van der Waals surface area contributed by atoms with Crippen molar-refractivity contribution < 1.29 is 14.7 Å². The number of aromatic nitrogens is 3. The molecule has 2 aliphatic rings. The van der Waals surface area contributed by atoms with Gasteiger partial charge in [-0.25, -0.2) is 14.5 Å². The molecule has 1 aliphatic heterocycles. The van der Waals surface area contributed by atoms with Crippen LogP contribution in [0.3, 0.4) is 0 Å². The van der Waals surface area contributed by atoms with Crippen molar-refractivity contribution in [2.24, 2.45) is 11.8 Å². The van der Waals surface area contributed by atoms with Crippen LogP contribution in [0.25, 0.3) is 5.69 Å². The van der Waals surface area contributed by atoms with E-state index >= 15 is 0 Å². The van der Waals surface area contributed by atoms with Gasteiger partial charge >= 0.3 is 5.97 Å². The molecule has 1 aliphatic carbocycles. The van der Waals surface area contributed by atoms with Crippen molar-refractivity contribution in [3.05, 3.63) is 42.5 Å². The van der Waals surface area contributed by atoms with Crippen LogP contribution >= 0.6 is 0 Å². The number of benzene rings is 1. The summed E-state index contributed by atoms with van der Waals surface area (Å²) in [5.74, 6) is -0.939. The van der Waals surface area contributed by atoms with Crippen LogP contribution < -0.4 is 0 Å². The van der Waals surface area contributed by atoms with Gasteiger partial charge in [-0.05, 0) is 36.8 Å². The Hall–Kier alpha value is -2.70. The molecule has 0 radical (unpaired) electrons. The quantitative estimate of drug-likeness (QED) is 0.925. The zero-order valence-corrected chi connectivity index (χ0v) is 13.1. The molecule has 0 spiro atoms. The Bertz CT molecular complexity index is 773. The molecule has 1 saturated carbocycles. The molecule has 1 aromatic carbocycles. The molecule has 2 fully saturated rings. The predicted molar refractivity (Wildman–Crippen MR) is 84.7 cm³/mol. The Kier molecular flexibility index (Phi) is 3.55. The zero-order chi connectivity index (χ0) is 16.7. The maximum atomic E-state index is 12.8. The summed E-state index contributed by atoms with van der Waals surface area (Å²) in [4.78, 5) is 30.0. The minimum atomic E-state index is -0.930. The molecule has 24 heavy (non-hydrogen) atoms. The molecule has 1 aromatic heterocycles. The first-order valence-electron chi connectivity index (χ1n) is 8.16. The van der Waals surface area contributed by atoms with Crippen molar-refractivity contribution in [2.75, 3.05) is 6.54 Å². The highest BCUT2D eigenvalue weighted by molar-refractivity contribution is 5.94. The molecule has 2 heterocycles. The third kappa shape index (κ3) is 2.36. The van der Waals surface area contributed by atoms with Crippen LogP contribution in [0.2, 0.25) is 0 Å². The van der Waals surface area contributed by atoms with Gasteiger partial charge in [0.1, 0.15) is 12.4 Å². The lowest BCUT2D eigenvalue weighted by Gasteiger charge is -2.23. The number of amides is 1. The van der Waals surface area contributed by atoms with Crippen LogP contribution in [0.4, 0.5) is 0 Å². The number of carboxylic acid groups (broad SMARTS) is 1. The molecular weight excluding hydrogens is 308 g/mol. The van der Waals surface area contributed by atoms with Gasteiger partial charge in [0.05, 0.1) is 5.69 Å². The van der Waals surface area contributed by atoms with E-state index in [0.717, 1.165) is 24.9 Å². The highest BCUT2D eigenvalue weighted by Crippen LogP contribution is 2.42. The summed E-state index contributed by atoms with van der Waals surface area (Å²) in [5, 5.41) is 13.8. The Morgan fingerprint density at radius 1 is 1.17 bits per heavy atom. The molecular formula is C17H18N4O3. The highest BCUT2D eigenvalue weighted by atomic mass is 16.4. The lowest BCUT2D eigenvalue weighted by molar-refractivity contribution is -0.142. The third-order valence-electron chi connectivity index (χ3n) is 5.11. The lowest BCUT2D eigenvalue weighted by Crippen LogP contribution is -2.43. The number of hydrogen-bond donors (Lipinski definition) is 1. The van der Waals surface area contributed by atoms with E-state index in [4.69, 9.17) is 0 Å². The molecule has 0 unspecified atom stereocenters. The number of aliphatic carboxylic acids is 1. The summed E-state index contributed by atoms with van der Waals surface area (Å²) >= 11 is 0. The average molecular weight is 326 g/mol. The van der Waals surface area contributed by atoms with Gasteiger partial charge in [0.15, 0.2) is 0 Å². The van der Waals surface area contributed by atoms with E-state index in [1.54, 1.807) is 0 Å². The number of carbonyl (C=O) groups excluding carboxylic acids is 1. The van der Waals surface area contributed by atoms with Crippen molar-refractivity contribution in [1.29, 1.82) is 0 Å². The monoisotopic (exact) mass is 326 g/mol. The Morgan fingerprint density at radius 2 is 1.96 bits per heavy atom. The first kappa shape index (κ1) is 14.9. The number of likely N-dealkylation sites (tertiary alicyclic amines) is 1. The molecule has 7 nitrogen and oxygen atoms in total. The standard InChI is InChI=1S/C17H18N4O3/c22-16(15-18-10-21(19-15)12-6-2-1-3-7-12)20-9-11-5-4-8-13(11)14(20)17(23)24/h1-3,6-7,10-11,13-14H,4-5,8-9H2,(H,23,24)/t11-,13+,14+/m1/s1. The van der Waals surface area contributed by atoms with Gasteiger partial charge in [0.2, 0.25) is 5.82 Å². The third-order valence-corrected chi connectivity index (χ3v) is 5.11. The SMILES string of the molecule is O=C(O)[C@@H]1[C@H]2CCC[C@@H]2CN1C(=O)c1ncn(-c2ccccc2)n1. The number of fused-ring (bicyclic) bond motifs is 1. The number of rotatable bonds is 3. The van der Waals surface area contributed by atoms with Crippen molar-refractivity contribution in [3.8, 4) is 5.69 Å². The van der Waals surface area contributed by atoms with Gasteiger partial charge in [0.25, 0.3) is 5.91 Å². The van der Waals surface area contributed by atoms with Crippen LogP contribution in [0.15, 0.2) is 36.7 Å². The largest absolute Gasteiger partial charge is 0.480 e. The summed E-state index contributed by atoms with van der Waals surface area (Å²) in [6.07, 6.45) is 4.39. The van der Waals surface area contributed by atoms with E-state index in [1.807, 2.05) is 30.3 Å². The van der Waals surface area contributed by atoms with Crippen molar-refractivity contribution in [3.63, 3.8) is 0 Å². The summed E-state index contributed by atoms with van der Waals surface area (Å²) in [5.41, 5.74) is 0.803. The van der Waals surface area contributed by atoms with Crippen molar-refractivity contribution in [1.82, 2.24) is 19.7 Å². The zero-order valence-electron chi connectivity index (χ0n) is 13.1. The van der Waals surface area contributed by atoms with Crippen LogP contribution in [-0.4, -0.2) is 49.2 Å². The molecule has 2 aromatic rings. The molecule has 0 bridgehead atoms. The predicted octanol–water partition coefficient (Wildman–Crippen LogP) is 1.59. The van der Waals surface area contributed by atoms with Gasteiger partial charge in [-0.2, -0.15) is 0 Å². The van der Waals surface area contributed by atoms with Crippen LogP contribution in [-0.2, 0) is 4.79 Å². The van der Waals surface area contributed by atoms with Gasteiger partial charge in [-0.1, -0.05) is 24.6 Å². The topological polar surface area (TPSA) is 88.3 Å². The normalized spacial score (nSPS) is 25.7. The second-order valence-electron chi connectivity index (χ2n) is 6.44. The van der Waals surface area contributed by atoms with E-state index in [1.165, 1.54) is 15.9 Å². The smallest absolute Gasteiger partial charge is 0.326 e. The van der Waals surface area contributed by atoms with Crippen LogP contribution in [0, 0.1) is 11.8 Å². The summed E-state index contributed by atoms with van der Waals surface area (Å²) < 4.78 is 1.53. The maximum absolute atomic E-state index is 12.8. The van der Waals surface area contributed by atoms with Gasteiger partial charge < -0.3 is 10.0 Å². The maximum Gasteiger partial charge on any atom is 0.326 e. The molecule has 1 saturated heterocycles. The van der Waals surface area contributed by atoms with Gasteiger partial charge in [-0.15, -0.1) is 5.10 Å². The fourth-order valence-electron chi connectivity index (χ4n) is 4.03. The minimum Gasteiger partial charge on any atom is -0.480 e. The average Bonchev–Trinajstić information content (AvgIpc) is 3.29. The summed E-state index contributed by atoms with van der Waals surface area (Å²) in [6, 6.07) is 8.62. The number of carbonyl (C=O) groups is 2. The number of hydrogen-bond acceptors (Lipinski definition) is 4. The second kappa shape index (κ2) is 5.74. The molecule has 1 amide bonds. The van der Waals surface area contributed by atoms with Crippen molar-refractivity contribution in [2.45, 2.75) is 25.3 Å². The highest BCUT2D eigenvalue weighted by Gasteiger charge is 2.50. The van der Waals surface area contributed by atoms with Gasteiger partial charge in [-0.3, -0.25) is 4.79 Å². The van der Waals surface area contributed by atoms with Crippen molar-refractivity contribution >= 4 is 11.9 Å². The molecule has 3 atom stereocenters. The van der Waals surface area contributed by atoms with Crippen LogP contribution in [0.1, 0.15) is 29.9 Å². The van der Waals surface area contributed by atoms with E-state index in [-0.39, 0.29) is 17.7 Å². The first-order chi connectivity index (χ1) is 11.6. The van der Waals surface area contributed by atoms with E-state index < -0.39 is 17.9 Å². The fourth-order valence-corrected chi connectivity index (χ4v) is 4.03. The number of nitrogens with zero attached hydrogens (tertiary/aromatic N) is 4. The van der Waals surface area contributed by atoms with Crippen LogP contribution in [0.5, 0.6) is 0 Å². The summed E-state index contributed by atoms with van der Waals surface area (Å²) in [7, 11) is 0. The lowest BCUT2D eigenvalue weighted by atomic mass is 9.94. The van der Waals surface area contributed by atoms with E-state index in [9.17, 15) is 14.7 Å². The first-order valence-corrected chi connectivity index (χ1v) is 8.16. The fraction of sp³-hybridized carbons (Fsp3) is 0.412. The number of para-hydroxylation sites is 1. The van der Waals surface area contributed by atoms with Gasteiger partial charge in [0, 0.05) is 6.54 Å². The van der Waals surface area contributed by atoms with E-state index in [0.29, 0.717) is 6.54 Å². The molecule has 4 rings (SSSR count). The Morgan fingerprint density at radius 3 is 2.71 bits per heavy atom. The Balaban J connectivity index is 1.60. The Labute approximate surface area is 138 Å². The molecule has 124 valence electrons. The number of carboxylic acids is 1.